The first kappa shape index (κ1) is 13.8. The molecular formula is C9H10BFO5S. The minimum atomic E-state index is -4.75. The van der Waals surface area contributed by atoms with E-state index in [9.17, 15) is 17.1 Å². The van der Waals surface area contributed by atoms with Crippen LogP contribution in [-0.4, -0.2) is 31.9 Å². The van der Waals surface area contributed by atoms with Crippen molar-refractivity contribution in [2.45, 2.75) is 12.7 Å². The smallest absolute Gasteiger partial charge is 0.423 e. The molecule has 0 spiro atoms. The van der Waals surface area contributed by atoms with Crippen LogP contribution >= 0.6 is 0 Å². The number of rotatable bonds is 4. The predicted octanol–water partition coefficient (Wildman–Crippen LogP) is -0.713. The summed E-state index contributed by atoms with van der Waals surface area (Å²) < 4.78 is 33.7. The highest BCUT2D eigenvalue weighted by atomic mass is 32.3. The molecule has 0 aromatic heterocycles. The van der Waals surface area contributed by atoms with Crippen LogP contribution in [0.5, 0.6) is 0 Å². The molecule has 92 valence electrons. The summed E-state index contributed by atoms with van der Waals surface area (Å²) in [5.41, 5.74) is 0.289. The molecule has 0 amide bonds. The summed E-state index contributed by atoms with van der Waals surface area (Å²) in [5.74, 6) is -0.903. The second kappa shape index (κ2) is 4.95. The summed E-state index contributed by atoms with van der Waals surface area (Å²) in [5, 5.41) is 18.1. The molecule has 0 aliphatic rings. The number of benzene rings is 1. The molecule has 17 heavy (non-hydrogen) atoms. The molecule has 8 heteroatoms. The van der Waals surface area contributed by atoms with Crippen LogP contribution in [0, 0.1) is 6.92 Å². The summed E-state index contributed by atoms with van der Waals surface area (Å²) in [6.45, 7) is 1.42. The number of carbonyl (C=O) groups excluding carboxylic acids is 1. The Morgan fingerprint density at radius 3 is 2.41 bits per heavy atom. The quantitative estimate of drug-likeness (QED) is 0.423. The van der Waals surface area contributed by atoms with Crippen molar-refractivity contribution in [2.24, 2.45) is 0 Å². The van der Waals surface area contributed by atoms with Crippen LogP contribution in [0.15, 0.2) is 12.1 Å². The molecule has 0 fully saturated rings. The third-order valence-corrected chi connectivity index (χ3v) is 2.98. The fraction of sp³-hybridized carbons (Fsp3) is 0.222. The molecule has 0 bridgehead atoms. The fourth-order valence-electron chi connectivity index (χ4n) is 1.50. The molecule has 0 heterocycles. The van der Waals surface area contributed by atoms with Crippen LogP contribution in [0.25, 0.3) is 0 Å². The lowest BCUT2D eigenvalue weighted by Crippen LogP contribution is -2.33. The van der Waals surface area contributed by atoms with E-state index in [1.807, 2.05) is 0 Å². The molecule has 2 N–H and O–H groups in total. The molecule has 0 unspecified atom stereocenters. The van der Waals surface area contributed by atoms with Gasteiger partial charge in [-0.15, -0.1) is 3.89 Å². The Bertz CT molecular complexity index is 541. The monoisotopic (exact) mass is 260 g/mol. The maximum absolute atomic E-state index is 12.6. The van der Waals surface area contributed by atoms with Gasteiger partial charge in [0.25, 0.3) is 0 Å². The Morgan fingerprint density at radius 1 is 1.41 bits per heavy atom. The van der Waals surface area contributed by atoms with Crippen LogP contribution in [0.3, 0.4) is 0 Å². The molecule has 1 aromatic rings. The van der Waals surface area contributed by atoms with Crippen molar-refractivity contribution in [3.63, 3.8) is 0 Å². The maximum atomic E-state index is 12.6. The largest absolute Gasteiger partial charge is 0.488 e. The van der Waals surface area contributed by atoms with Gasteiger partial charge in [-0.2, -0.15) is 8.42 Å². The van der Waals surface area contributed by atoms with E-state index in [1.165, 1.54) is 19.1 Å². The lowest BCUT2D eigenvalue weighted by Gasteiger charge is -2.10. The number of hydrogen-bond acceptors (Lipinski definition) is 5. The number of hydrogen-bond donors (Lipinski definition) is 2. The van der Waals surface area contributed by atoms with Gasteiger partial charge >= 0.3 is 17.3 Å². The van der Waals surface area contributed by atoms with Crippen molar-refractivity contribution in [2.75, 3.05) is 0 Å². The van der Waals surface area contributed by atoms with E-state index in [0.717, 1.165) is 0 Å². The molecule has 0 saturated heterocycles. The Labute approximate surface area is 98.3 Å². The molecule has 0 aliphatic heterocycles. The van der Waals surface area contributed by atoms with E-state index >= 15 is 0 Å². The van der Waals surface area contributed by atoms with E-state index < -0.39 is 23.1 Å². The lowest BCUT2D eigenvalue weighted by molar-refractivity contribution is 0.112. The number of halogens is 1. The van der Waals surface area contributed by atoms with Gasteiger partial charge in [-0.05, 0) is 29.6 Å². The topological polar surface area (TPSA) is 91.7 Å². The molecule has 1 aromatic carbocycles. The van der Waals surface area contributed by atoms with Crippen LogP contribution < -0.4 is 5.46 Å². The van der Waals surface area contributed by atoms with Crippen LogP contribution in [0.1, 0.15) is 21.5 Å². The minimum absolute atomic E-state index is 0.0201. The molecule has 0 atom stereocenters. The van der Waals surface area contributed by atoms with Crippen molar-refractivity contribution < 1.29 is 27.1 Å². The van der Waals surface area contributed by atoms with E-state index in [4.69, 9.17) is 10.0 Å². The lowest BCUT2D eigenvalue weighted by atomic mass is 9.75. The Kier molecular flexibility index (Phi) is 4.02. The van der Waals surface area contributed by atoms with E-state index in [1.54, 1.807) is 0 Å². The summed E-state index contributed by atoms with van der Waals surface area (Å²) in [4.78, 5) is 10.6. The second-order valence-corrected chi connectivity index (χ2v) is 4.94. The SMILES string of the molecule is Cc1c(CS(=O)(=O)F)cc(C=O)cc1B(O)O. The summed E-state index contributed by atoms with van der Waals surface area (Å²) in [6.07, 6.45) is 0.416. The van der Waals surface area contributed by atoms with E-state index in [-0.39, 0.29) is 22.2 Å². The van der Waals surface area contributed by atoms with Crippen molar-refractivity contribution in [1.82, 2.24) is 0 Å². The normalized spacial score (nSPS) is 11.3. The van der Waals surface area contributed by atoms with Gasteiger partial charge in [0, 0.05) is 5.56 Å². The van der Waals surface area contributed by atoms with Crippen LogP contribution in [-0.2, 0) is 16.0 Å². The first-order valence-corrected chi connectivity index (χ1v) is 6.17. The van der Waals surface area contributed by atoms with Gasteiger partial charge in [0.2, 0.25) is 0 Å². The Balaban J connectivity index is 3.38. The maximum Gasteiger partial charge on any atom is 0.488 e. The zero-order valence-corrected chi connectivity index (χ0v) is 9.74. The summed E-state index contributed by atoms with van der Waals surface area (Å²) >= 11 is 0. The third-order valence-electron chi connectivity index (χ3n) is 2.32. The minimum Gasteiger partial charge on any atom is -0.423 e. The fourth-order valence-corrected chi connectivity index (χ4v) is 2.17. The Hall–Kier alpha value is -1.25. The number of aldehydes is 1. The molecule has 1 rings (SSSR count). The van der Waals surface area contributed by atoms with E-state index in [2.05, 4.69) is 0 Å². The summed E-state index contributed by atoms with van der Waals surface area (Å²) in [6, 6.07) is 2.41. The van der Waals surface area contributed by atoms with Gasteiger partial charge in [0.1, 0.15) is 12.0 Å². The van der Waals surface area contributed by atoms with Crippen molar-refractivity contribution in [1.29, 1.82) is 0 Å². The highest BCUT2D eigenvalue weighted by Crippen LogP contribution is 2.13. The first-order chi connectivity index (χ1) is 7.74. The number of carbonyl (C=O) groups is 1. The molecule has 0 radical (unpaired) electrons. The van der Waals surface area contributed by atoms with Gasteiger partial charge in [-0.3, -0.25) is 4.79 Å². The van der Waals surface area contributed by atoms with Gasteiger partial charge in [0.05, 0.1) is 0 Å². The van der Waals surface area contributed by atoms with Gasteiger partial charge in [0.15, 0.2) is 0 Å². The predicted molar refractivity (Wildman–Crippen MR) is 60.1 cm³/mol. The summed E-state index contributed by atoms with van der Waals surface area (Å²) in [7, 11) is -6.60. The van der Waals surface area contributed by atoms with Gasteiger partial charge in [-0.25, -0.2) is 0 Å². The zero-order valence-electron chi connectivity index (χ0n) is 8.92. The van der Waals surface area contributed by atoms with Crippen LogP contribution in [0.4, 0.5) is 3.89 Å². The van der Waals surface area contributed by atoms with Gasteiger partial charge in [-0.1, -0.05) is 6.07 Å². The van der Waals surface area contributed by atoms with E-state index in [0.29, 0.717) is 6.29 Å². The highest BCUT2D eigenvalue weighted by Gasteiger charge is 2.20. The van der Waals surface area contributed by atoms with Crippen molar-refractivity contribution in [3.05, 3.63) is 28.8 Å². The zero-order chi connectivity index (χ0) is 13.2. The third kappa shape index (κ3) is 3.62. The van der Waals surface area contributed by atoms with Crippen LogP contribution in [0.2, 0.25) is 0 Å². The second-order valence-electron chi connectivity index (χ2n) is 3.57. The van der Waals surface area contributed by atoms with Crippen molar-refractivity contribution >= 4 is 29.1 Å². The van der Waals surface area contributed by atoms with Crippen molar-refractivity contribution in [3.8, 4) is 0 Å². The molecule has 0 aliphatic carbocycles. The highest BCUT2D eigenvalue weighted by molar-refractivity contribution is 7.85. The average Bonchev–Trinajstić information content (AvgIpc) is 2.18. The van der Waals surface area contributed by atoms with Gasteiger partial charge < -0.3 is 10.0 Å². The average molecular weight is 260 g/mol. The molecule has 5 nitrogen and oxygen atoms in total. The molecular weight excluding hydrogens is 250 g/mol. The molecule has 0 saturated carbocycles. The standard InChI is InChI=1S/C9H10BFO5S/c1-6-8(5-17(11,15)16)2-7(4-12)3-9(6)10(13)14/h2-4,13-14H,5H2,1H3. The Morgan fingerprint density at radius 2 is 2.00 bits per heavy atom. The first-order valence-electron chi connectivity index (χ1n) is 4.61.